The second kappa shape index (κ2) is 5.72. The van der Waals surface area contributed by atoms with Gasteiger partial charge in [-0.2, -0.15) is 0 Å². The van der Waals surface area contributed by atoms with Crippen LogP contribution in [0.15, 0.2) is 24.5 Å². The summed E-state index contributed by atoms with van der Waals surface area (Å²) in [5.41, 5.74) is 0.521. The molecule has 1 aromatic heterocycles. The molecule has 2 rings (SSSR count). The molecule has 3 nitrogen and oxygen atoms in total. The van der Waals surface area contributed by atoms with E-state index in [9.17, 15) is 9.90 Å². The molecular formula is C16H23NO2. The molecule has 0 aliphatic heterocycles. The number of hydrogen-bond acceptors (Lipinski definition) is 2. The number of aromatic nitrogens is 1. The van der Waals surface area contributed by atoms with Gasteiger partial charge in [-0.05, 0) is 61.6 Å². The molecule has 104 valence electrons. The first-order chi connectivity index (χ1) is 9.03. The predicted octanol–water partition coefficient (Wildman–Crippen LogP) is 3.54. The van der Waals surface area contributed by atoms with E-state index in [4.69, 9.17) is 0 Å². The molecule has 0 saturated heterocycles. The number of carboxylic acid groups (broad SMARTS) is 1. The third kappa shape index (κ3) is 3.14. The average Bonchev–Trinajstić information content (AvgIpc) is 2.40. The Hall–Kier alpha value is -1.38. The van der Waals surface area contributed by atoms with E-state index in [0.29, 0.717) is 18.3 Å². The van der Waals surface area contributed by atoms with Crippen molar-refractivity contribution in [2.75, 3.05) is 0 Å². The highest BCUT2D eigenvalue weighted by molar-refractivity contribution is 5.75. The van der Waals surface area contributed by atoms with Gasteiger partial charge in [0.2, 0.25) is 0 Å². The lowest BCUT2D eigenvalue weighted by molar-refractivity contribution is -0.151. The van der Waals surface area contributed by atoms with Crippen molar-refractivity contribution in [3.8, 4) is 0 Å². The third-order valence-electron chi connectivity index (χ3n) is 4.68. The van der Waals surface area contributed by atoms with Gasteiger partial charge < -0.3 is 5.11 Å². The van der Waals surface area contributed by atoms with Crippen LogP contribution < -0.4 is 0 Å². The lowest BCUT2D eigenvalue weighted by Gasteiger charge is -2.38. The molecule has 0 spiro atoms. The van der Waals surface area contributed by atoms with Crippen LogP contribution in [0.2, 0.25) is 0 Å². The van der Waals surface area contributed by atoms with E-state index in [1.54, 1.807) is 12.4 Å². The number of aliphatic carboxylic acids is 1. The smallest absolute Gasteiger partial charge is 0.309 e. The Morgan fingerprint density at radius 3 is 2.42 bits per heavy atom. The monoisotopic (exact) mass is 261 g/mol. The fraction of sp³-hybridized carbons (Fsp3) is 0.625. The Kier molecular flexibility index (Phi) is 4.23. The summed E-state index contributed by atoms with van der Waals surface area (Å²) in [6, 6.07) is 3.86. The molecule has 0 aromatic carbocycles. The molecular weight excluding hydrogens is 238 g/mol. The van der Waals surface area contributed by atoms with Gasteiger partial charge in [0, 0.05) is 12.4 Å². The second-order valence-electron chi connectivity index (χ2n) is 6.20. The van der Waals surface area contributed by atoms with Gasteiger partial charge in [0.1, 0.15) is 0 Å². The summed E-state index contributed by atoms with van der Waals surface area (Å²) in [6.07, 6.45) is 7.79. The normalized spacial score (nSPS) is 27.4. The van der Waals surface area contributed by atoms with Gasteiger partial charge in [-0.3, -0.25) is 9.78 Å². The highest BCUT2D eigenvalue weighted by atomic mass is 16.4. The highest BCUT2D eigenvalue weighted by Gasteiger charge is 2.42. The van der Waals surface area contributed by atoms with Crippen LogP contribution in [0.3, 0.4) is 0 Å². The first kappa shape index (κ1) is 14.0. The van der Waals surface area contributed by atoms with Gasteiger partial charge in [-0.1, -0.05) is 13.8 Å². The van der Waals surface area contributed by atoms with E-state index in [1.807, 2.05) is 12.1 Å². The Balaban J connectivity index is 2.11. The van der Waals surface area contributed by atoms with E-state index >= 15 is 0 Å². The van der Waals surface area contributed by atoms with E-state index in [-0.39, 0.29) is 0 Å². The molecule has 1 N–H and O–H groups in total. The van der Waals surface area contributed by atoms with Crippen LogP contribution in [0.5, 0.6) is 0 Å². The minimum Gasteiger partial charge on any atom is -0.481 e. The van der Waals surface area contributed by atoms with Crippen molar-refractivity contribution in [2.24, 2.45) is 17.3 Å². The van der Waals surface area contributed by atoms with Gasteiger partial charge in [-0.15, -0.1) is 0 Å². The first-order valence-electron chi connectivity index (χ1n) is 7.16. The summed E-state index contributed by atoms with van der Waals surface area (Å²) >= 11 is 0. The number of rotatable bonds is 4. The van der Waals surface area contributed by atoms with E-state index in [2.05, 4.69) is 18.8 Å². The third-order valence-corrected chi connectivity index (χ3v) is 4.68. The van der Waals surface area contributed by atoms with Crippen molar-refractivity contribution >= 4 is 5.97 Å². The van der Waals surface area contributed by atoms with Gasteiger partial charge in [0.05, 0.1) is 5.41 Å². The molecule has 1 fully saturated rings. The minimum atomic E-state index is -0.633. The molecule has 1 aliphatic carbocycles. The standard InChI is InChI=1S/C16H23NO2/c1-12(2)14-3-7-16(8-4-14,15(18)19)11-13-5-9-17-10-6-13/h5-6,9-10,12,14H,3-4,7-8,11H2,1-2H3,(H,18,19). The molecule has 0 unspecified atom stereocenters. The summed E-state index contributed by atoms with van der Waals surface area (Å²) in [5.74, 6) is 0.712. The first-order valence-corrected chi connectivity index (χ1v) is 7.16. The van der Waals surface area contributed by atoms with E-state index in [0.717, 1.165) is 31.2 Å². The number of hydrogen-bond donors (Lipinski definition) is 1. The Morgan fingerprint density at radius 1 is 1.37 bits per heavy atom. The van der Waals surface area contributed by atoms with Crippen LogP contribution in [-0.4, -0.2) is 16.1 Å². The summed E-state index contributed by atoms with van der Waals surface area (Å²) < 4.78 is 0. The largest absolute Gasteiger partial charge is 0.481 e. The molecule has 0 radical (unpaired) electrons. The zero-order chi connectivity index (χ0) is 13.9. The summed E-state index contributed by atoms with van der Waals surface area (Å²) in [7, 11) is 0. The van der Waals surface area contributed by atoms with Gasteiger partial charge in [0.25, 0.3) is 0 Å². The van der Waals surface area contributed by atoms with Crippen molar-refractivity contribution in [1.29, 1.82) is 0 Å². The topological polar surface area (TPSA) is 50.2 Å². The summed E-state index contributed by atoms with van der Waals surface area (Å²) in [5, 5.41) is 9.66. The Morgan fingerprint density at radius 2 is 1.95 bits per heavy atom. The lowest BCUT2D eigenvalue weighted by Crippen LogP contribution is -2.38. The summed E-state index contributed by atoms with van der Waals surface area (Å²) in [6.45, 7) is 4.47. The highest BCUT2D eigenvalue weighted by Crippen LogP contribution is 2.43. The molecule has 1 saturated carbocycles. The Bertz CT molecular complexity index is 420. The van der Waals surface area contributed by atoms with Crippen LogP contribution in [0.4, 0.5) is 0 Å². The van der Waals surface area contributed by atoms with Crippen molar-refractivity contribution in [2.45, 2.75) is 46.0 Å². The number of carbonyl (C=O) groups is 1. The average molecular weight is 261 g/mol. The van der Waals surface area contributed by atoms with Crippen LogP contribution in [0.1, 0.15) is 45.1 Å². The predicted molar refractivity (Wildman–Crippen MR) is 74.8 cm³/mol. The van der Waals surface area contributed by atoms with Crippen molar-refractivity contribution in [3.05, 3.63) is 30.1 Å². The molecule has 1 aromatic rings. The van der Waals surface area contributed by atoms with Gasteiger partial charge in [0.15, 0.2) is 0 Å². The van der Waals surface area contributed by atoms with Crippen LogP contribution in [0.25, 0.3) is 0 Å². The van der Waals surface area contributed by atoms with Crippen molar-refractivity contribution < 1.29 is 9.90 Å². The molecule has 1 aliphatic rings. The quantitative estimate of drug-likeness (QED) is 0.901. The van der Waals surface area contributed by atoms with Crippen LogP contribution >= 0.6 is 0 Å². The SMILES string of the molecule is CC(C)C1CCC(Cc2ccncc2)(C(=O)O)CC1. The maximum Gasteiger partial charge on any atom is 0.309 e. The molecule has 0 bridgehead atoms. The maximum atomic E-state index is 11.7. The number of carboxylic acids is 1. The van der Waals surface area contributed by atoms with Crippen LogP contribution in [0, 0.1) is 17.3 Å². The van der Waals surface area contributed by atoms with Gasteiger partial charge in [-0.25, -0.2) is 0 Å². The van der Waals surface area contributed by atoms with Crippen molar-refractivity contribution in [1.82, 2.24) is 4.98 Å². The zero-order valence-corrected chi connectivity index (χ0v) is 11.8. The van der Waals surface area contributed by atoms with Gasteiger partial charge >= 0.3 is 5.97 Å². The fourth-order valence-electron chi connectivity index (χ4n) is 3.22. The molecule has 19 heavy (non-hydrogen) atoms. The molecule has 1 heterocycles. The van der Waals surface area contributed by atoms with E-state index < -0.39 is 11.4 Å². The van der Waals surface area contributed by atoms with E-state index in [1.165, 1.54) is 0 Å². The fourth-order valence-corrected chi connectivity index (χ4v) is 3.22. The van der Waals surface area contributed by atoms with Crippen LogP contribution in [-0.2, 0) is 11.2 Å². The molecule has 0 amide bonds. The second-order valence-corrected chi connectivity index (χ2v) is 6.20. The lowest BCUT2D eigenvalue weighted by atomic mass is 9.65. The van der Waals surface area contributed by atoms with Crippen molar-refractivity contribution in [3.63, 3.8) is 0 Å². The zero-order valence-electron chi connectivity index (χ0n) is 11.8. The molecule has 3 heteroatoms. The molecule has 0 atom stereocenters. The number of pyridine rings is 1. The number of nitrogens with zero attached hydrogens (tertiary/aromatic N) is 1. The minimum absolute atomic E-state index is 0.563. The summed E-state index contributed by atoms with van der Waals surface area (Å²) in [4.78, 5) is 15.7. The maximum absolute atomic E-state index is 11.7. The Labute approximate surface area is 115 Å².